The van der Waals surface area contributed by atoms with Crippen molar-refractivity contribution in [3.63, 3.8) is 0 Å². The fourth-order valence-electron chi connectivity index (χ4n) is 3.44. The molecule has 2 aromatic rings. The van der Waals surface area contributed by atoms with Crippen LogP contribution >= 0.6 is 0 Å². The number of fused-ring (bicyclic) bond motifs is 1. The number of allylic oxidation sites excluding steroid dienone is 1. The van der Waals surface area contributed by atoms with Crippen molar-refractivity contribution in [2.24, 2.45) is 0 Å². The zero-order chi connectivity index (χ0) is 21.0. The van der Waals surface area contributed by atoms with Crippen molar-refractivity contribution in [1.82, 2.24) is 5.32 Å². The van der Waals surface area contributed by atoms with Crippen molar-refractivity contribution >= 4 is 5.91 Å². The van der Waals surface area contributed by atoms with Crippen LogP contribution in [0.2, 0.25) is 0 Å². The van der Waals surface area contributed by atoms with E-state index in [4.69, 9.17) is 9.47 Å². The number of phenols is 1. The van der Waals surface area contributed by atoms with Gasteiger partial charge in [-0.1, -0.05) is 68.2 Å². The van der Waals surface area contributed by atoms with Crippen molar-refractivity contribution in [2.75, 3.05) is 13.2 Å². The molecular formula is C25H31NO4. The molecule has 1 heterocycles. The number of phenolic OH excluding ortho intramolecular Hbond substituents is 1. The van der Waals surface area contributed by atoms with Gasteiger partial charge in [-0.15, -0.1) is 0 Å². The molecule has 5 nitrogen and oxygen atoms in total. The molecule has 0 atom stereocenters. The van der Waals surface area contributed by atoms with Crippen molar-refractivity contribution in [1.29, 1.82) is 0 Å². The van der Waals surface area contributed by atoms with Crippen LogP contribution in [0.4, 0.5) is 0 Å². The predicted octanol–water partition coefficient (Wildman–Crippen LogP) is 5.38. The Bertz CT molecular complexity index is 833. The van der Waals surface area contributed by atoms with Crippen LogP contribution in [-0.4, -0.2) is 24.2 Å². The van der Waals surface area contributed by atoms with Gasteiger partial charge in [0.15, 0.2) is 0 Å². The first kappa shape index (κ1) is 21.8. The zero-order valence-electron chi connectivity index (χ0n) is 17.4. The number of rotatable bonds is 3. The number of aromatic hydroxyl groups is 1. The largest absolute Gasteiger partial charge is 0.507 e. The van der Waals surface area contributed by atoms with Crippen molar-refractivity contribution in [3.8, 4) is 17.2 Å². The molecule has 5 heteroatoms. The number of amides is 1. The summed E-state index contributed by atoms with van der Waals surface area (Å²) in [5.41, 5.74) is 1.18. The summed E-state index contributed by atoms with van der Waals surface area (Å²) in [5, 5.41) is 13.4. The van der Waals surface area contributed by atoms with Gasteiger partial charge in [0.25, 0.3) is 5.91 Å². The Kier molecular flexibility index (Phi) is 8.63. The first-order chi connectivity index (χ1) is 14.7. The molecule has 1 aliphatic rings. The lowest BCUT2D eigenvalue weighted by Crippen LogP contribution is -2.24. The van der Waals surface area contributed by atoms with Gasteiger partial charge < -0.3 is 19.9 Å². The van der Waals surface area contributed by atoms with E-state index in [1.807, 2.05) is 36.4 Å². The van der Waals surface area contributed by atoms with E-state index in [0.29, 0.717) is 31.3 Å². The predicted molar refractivity (Wildman–Crippen MR) is 118 cm³/mol. The second kappa shape index (κ2) is 11.9. The topological polar surface area (TPSA) is 67.8 Å². The zero-order valence-corrected chi connectivity index (χ0v) is 17.4. The molecule has 0 radical (unpaired) electrons. The molecule has 0 unspecified atom stereocenters. The van der Waals surface area contributed by atoms with E-state index >= 15 is 0 Å². The minimum atomic E-state index is -0.353. The summed E-state index contributed by atoms with van der Waals surface area (Å²) in [6.07, 6.45) is 11.9. The average Bonchev–Trinajstić information content (AvgIpc) is 2.75. The van der Waals surface area contributed by atoms with E-state index in [1.165, 1.54) is 31.7 Å². The Morgan fingerprint density at radius 2 is 1.73 bits per heavy atom. The van der Waals surface area contributed by atoms with E-state index in [2.05, 4.69) is 11.4 Å². The molecule has 0 aliphatic carbocycles. The molecule has 2 N–H and O–H groups in total. The third-order valence-corrected chi connectivity index (χ3v) is 5.10. The van der Waals surface area contributed by atoms with Gasteiger partial charge in [0, 0.05) is 18.7 Å². The molecule has 160 valence electrons. The van der Waals surface area contributed by atoms with Crippen LogP contribution in [0.15, 0.2) is 54.6 Å². The quantitative estimate of drug-likeness (QED) is 0.668. The van der Waals surface area contributed by atoms with Gasteiger partial charge in [-0.25, -0.2) is 0 Å². The SMILES string of the molecule is O=C1NC/C=C/CCCCCCCCOc2cc(OCc3ccccc3)cc(O)c21. The molecule has 0 saturated carbocycles. The van der Waals surface area contributed by atoms with Gasteiger partial charge >= 0.3 is 0 Å². The number of hydrogen-bond donors (Lipinski definition) is 2. The molecule has 0 spiro atoms. The van der Waals surface area contributed by atoms with Crippen molar-refractivity contribution in [3.05, 3.63) is 65.7 Å². The minimum Gasteiger partial charge on any atom is -0.507 e. The molecule has 3 rings (SSSR count). The van der Waals surface area contributed by atoms with Crippen LogP contribution in [-0.2, 0) is 6.61 Å². The summed E-state index contributed by atoms with van der Waals surface area (Å²) in [7, 11) is 0. The second-order valence-corrected chi connectivity index (χ2v) is 7.53. The number of hydrogen-bond acceptors (Lipinski definition) is 4. The Balaban J connectivity index is 1.75. The lowest BCUT2D eigenvalue weighted by atomic mass is 10.1. The molecule has 0 bridgehead atoms. The number of carbonyl (C=O) groups excluding carboxylic acids is 1. The second-order valence-electron chi connectivity index (χ2n) is 7.53. The third-order valence-electron chi connectivity index (χ3n) is 5.10. The highest BCUT2D eigenvalue weighted by molar-refractivity contribution is 6.00. The van der Waals surface area contributed by atoms with E-state index in [1.54, 1.807) is 6.07 Å². The third kappa shape index (κ3) is 6.83. The van der Waals surface area contributed by atoms with E-state index in [9.17, 15) is 9.90 Å². The van der Waals surface area contributed by atoms with Crippen LogP contribution in [0.5, 0.6) is 17.2 Å². The highest BCUT2D eigenvalue weighted by atomic mass is 16.5. The summed E-state index contributed by atoms with van der Waals surface area (Å²) >= 11 is 0. The molecule has 2 aromatic carbocycles. The smallest absolute Gasteiger partial charge is 0.259 e. The Hall–Kier alpha value is -2.95. The number of benzene rings is 2. The molecule has 0 aromatic heterocycles. The lowest BCUT2D eigenvalue weighted by molar-refractivity contribution is 0.0950. The summed E-state index contributed by atoms with van der Waals surface area (Å²) in [6, 6.07) is 13.0. The molecular weight excluding hydrogens is 378 g/mol. The summed E-state index contributed by atoms with van der Waals surface area (Å²) in [5.74, 6) is 0.329. The monoisotopic (exact) mass is 409 g/mol. The van der Waals surface area contributed by atoms with Gasteiger partial charge in [0.1, 0.15) is 29.4 Å². The van der Waals surface area contributed by atoms with Gasteiger partial charge in [-0.05, 0) is 24.8 Å². The Morgan fingerprint density at radius 3 is 2.57 bits per heavy atom. The normalized spacial score (nSPS) is 17.3. The minimum absolute atomic E-state index is 0.141. The molecule has 30 heavy (non-hydrogen) atoms. The van der Waals surface area contributed by atoms with Crippen molar-refractivity contribution < 1.29 is 19.4 Å². The van der Waals surface area contributed by atoms with E-state index < -0.39 is 0 Å². The first-order valence-corrected chi connectivity index (χ1v) is 10.8. The van der Waals surface area contributed by atoms with Gasteiger partial charge in [0.05, 0.1) is 6.61 Å². The van der Waals surface area contributed by atoms with Crippen LogP contribution < -0.4 is 14.8 Å². The van der Waals surface area contributed by atoms with Crippen LogP contribution in [0.1, 0.15) is 60.9 Å². The van der Waals surface area contributed by atoms with E-state index in [-0.39, 0.29) is 17.2 Å². The first-order valence-electron chi connectivity index (χ1n) is 10.8. The average molecular weight is 410 g/mol. The standard InChI is InChI=1S/C25H31NO4/c27-22-17-21(30-19-20-13-9-8-10-14-20)18-23-24(22)25(28)26-15-11-6-4-2-1-3-5-7-12-16-29-23/h6,8-11,13-14,17-18,27H,1-5,7,12,15-16,19H2,(H,26,28)/b11-6+. The molecule has 1 amide bonds. The molecule has 0 fully saturated rings. The summed E-state index contributed by atoms with van der Waals surface area (Å²) in [6.45, 7) is 1.29. The Labute approximate surface area is 178 Å². The van der Waals surface area contributed by atoms with Crippen LogP contribution in [0.25, 0.3) is 0 Å². The number of carbonyl (C=O) groups is 1. The van der Waals surface area contributed by atoms with Crippen LogP contribution in [0.3, 0.4) is 0 Å². The number of ether oxygens (including phenoxy) is 2. The highest BCUT2D eigenvalue weighted by Crippen LogP contribution is 2.34. The van der Waals surface area contributed by atoms with Gasteiger partial charge in [-0.2, -0.15) is 0 Å². The fourth-order valence-corrected chi connectivity index (χ4v) is 3.44. The summed E-state index contributed by atoms with van der Waals surface area (Å²) in [4.78, 5) is 12.7. The molecule has 0 saturated heterocycles. The Morgan fingerprint density at radius 1 is 0.967 bits per heavy atom. The van der Waals surface area contributed by atoms with Crippen molar-refractivity contribution in [2.45, 2.75) is 51.6 Å². The maximum absolute atomic E-state index is 12.7. The van der Waals surface area contributed by atoms with Gasteiger partial charge in [-0.3, -0.25) is 4.79 Å². The number of nitrogens with one attached hydrogen (secondary N) is 1. The lowest BCUT2D eigenvalue weighted by Gasteiger charge is -2.15. The maximum Gasteiger partial charge on any atom is 0.259 e. The maximum atomic E-state index is 12.7. The molecule has 1 aliphatic heterocycles. The van der Waals surface area contributed by atoms with Gasteiger partial charge in [0.2, 0.25) is 0 Å². The fraction of sp³-hybridized carbons (Fsp3) is 0.400. The highest BCUT2D eigenvalue weighted by Gasteiger charge is 2.19. The van der Waals surface area contributed by atoms with E-state index in [0.717, 1.165) is 24.8 Å². The van der Waals surface area contributed by atoms with Crippen LogP contribution in [0, 0.1) is 0 Å². The summed E-state index contributed by atoms with van der Waals surface area (Å²) < 4.78 is 11.7.